The van der Waals surface area contributed by atoms with Crippen LogP contribution in [0.15, 0.2) is 6.20 Å². The van der Waals surface area contributed by atoms with Crippen molar-refractivity contribution in [2.24, 2.45) is 0 Å². The van der Waals surface area contributed by atoms with Gasteiger partial charge < -0.3 is 19.9 Å². The van der Waals surface area contributed by atoms with E-state index in [1.165, 1.54) is 0 Å². The number of H-pyrrole nitrogens is 1. The van der Waals surface area contributed by atoms with Crippen LogP contribution in [0, 0.1) is 0 Å². The highest BCUT2D eigenvalue weighted by molar-refractivity contribution is 5.04. The largest absolute Gasteiger partial charge is 0.368 e. The summed E-state index contributed by atoms with van der Waals surface area (Å²) >= 11 is 0. The summed E-state index contributed by atoms with van der Waals surface area (Å²) in [5.74, 6) is 0.930. The summed E-state index contributed by atoms with van der Waals surface area (Å²) in [5, 5.41) is 3.29. The first-order chi connectivity index (χ1) is 7.25. The molecule has 0 aromatic carbocycles. The Kier molecular flexibility index (Phi) is 3.35. The molecule has 1 atom stereocenters. The Morgan fingerprint density at radius 1 is 1.60 bits per heavy atom. The third kappa shape index (κ3) is 2.77. The lowest BCUT2D eigenvalue weighted by Crippen LogP contribution is -2.33. The molecule has 84 valence electrons. The Morgan fingerprint density at radius 3 is 3.13 bits per heavy atom. The Morgan fingerprint density at radius 2 is 2.47 bits per heavy atom. The number of hydrogen-bond donors (Lipinski definition) is 2. The highest BCUT2D eigenvalue weighted by Gasteiger charge is 2.18. The molecule has 0 radical (unpaired) electrons. The molecule has 1 aliphatic heterocycles. The fraction of sp³-hybridized carbons (Fsp3) is 0.700. The predicted octanol–water partition coefficient (Wildman–Crippen LogP) is 0.132. The molecule has 0 amide bonds. The average molecular weight is 210 g/mol. The first kappa shape index (κ1) is 10.6. The molecule has 0 saturated carbocycles. The standard InChI is InChI=1S/C10H18N4O/c1-14(2)7-8-5-12-10(13-8)9-6-11-3-4-15-9/h5,9,11H,3-4,6-7H2,1-2H3,(H,12,13). The van der Waals surface area contributed by atoms with E-state index in [4.69, 9.17) is 4.74 Å². The molecule has 15 heavy (non-hydrogen) atoms. The molecule has 1 aromatic rings. The summed E-state index contributed by atoms with van der Waals surface area (Å²) in [7, 11) is 4.08. The van der Waals surface area contributed by atoms with Crippen LogP contribution < -0.4 is 5.32 Å². The second kappa shape index (κ2) is 4.74. The van der Waals surface area contributed by atoms with Crippen LogP contribution in [0.2, 0.25) is 0 Å². The molecule has 2 rings (SSSR count). The van der Waals surface area contributed by atoms with Crippen molar-refractivity contribution >= 4 is 0 Å². The molecule has 1 unspecified atom stereocenters. The minimum atomic E-state index is 0.0784. The maximum Gasteiger partial charge on any atom is 0.136 e. The Labute approximate surface area is 89.8 Å². The smallest absolute Gasteiger partial charge is 0.136 e. The quantitative estimate of drug-likeness (QED) is 0.744. The fourth-order valence-electron chi connectivity index (χ4n) is 1.70. The summed E-state index contributed by atoms with van der Waals surface area (Å²) in [6.45, 7) is 3.41. The zero-order chi connectivity index (χ0) is 10.7. The van der Waals surface area contributed by atoms with Crippen molar-refractivity contribution in [2.45, 2.75) is 12.6 Å². The number of aromatic nitrogens is 2. The normalized spacial score (nSPS) is 22.2. The third-order valence-electron chi connectivity index (χ3n) is 2.37. The molecule has 1 aromatic heterocycles. The number of rotatable bonds is 3. The van der Waals surface area contributed by atoms with Gasteiger partial charge in [-0.3, -0.25) is 0 Å². The number of imidazole rings is 1. The molecule has 0 bridgehead atoms. The van der Waals surface area contributed by atoms with E-state index in [1.54, 1.807) is 0 Å². The van der Waals surface area contributed by atoms with Gasteiger partial charge >= 0.3 is 0 Å². The summed E-state index contributed by atoms with van der Waals surface area (Å²) in [6, 6.07) is 0. The molecule has 5 nitrogen and oxygen atoms in total. The number of nitrogens with one attached hydrogen (secondary N) is 2. The van der Waals surface area contributed by atoms with Crippen LogP contribution >= 0.6 is 0 Å². The Balaban J connectivity index is 1.99. The molecule has 0 spiro atoms. The van der Waals surface area contributed by atoms with Gasteiger partial charge in [-0.25, -0.2) is 4.98 Å². The lowest BCUT2D eigenvalue weighted by atomic mass is 10.3. The topological polar surface area (TPSA) is 53.2 Å². The molecule has 2 heterocycles. The van der Waals surface area contributed by atoms with Crippen LogP contribution in [-0.4, -0.2) is 48.7 Å². The first-order valence-corrected chi connectivity index (χ1v) is 5.26. The van der Waals surface area contributed by atoms with E-state index in [0.717, 1.165) is 37.8 Å². The lowest BCUT2D eigenvalue weighted by Gasteiger charge is -2.21. The van der Waals surface area contributed by atoms with E-state index in [9.17, 15) is 0 Å². The SMILES string of the molecule is CN(C)Cc1cnc(C2CNCCO2)[nH]1. The molecular formula is C10H18N4O. The summed E-state index contributed by atoms with van der Waals surface area (Å²) < 4.78 is 5.61. The van der Waals surface area contributed by atoms with Gasteiger partial charge in [0.15, 0.2) is 0 Å². The summed E-state index contributed by atoms with van der Waals surface area (Å²) in [4.78, 5) is 9.75. The van der Waals surface area contributed by atoms with Crippen molar-refractivity contribution in [3.63, 3.8) is 0 Å². The van der Waals surface area contributed by atoms with E-state index < -0.39 is 0 Å². The van der Waals surface area contributed by atoms with Crippen LogP contribution in [0.4, 0.5) is 0 Å². The molecule has 2 N–H and O–H groups in total. The van der Waals surface area contributed by atoms with Crippen molar-refractivity contribution in [1.82, 2.24) is 20.2 Å². The highest BCUT2D eigenvalue weighted by Crippen LogP contribution is 2.15. The van der Waals surface area contributed by atoms with Crippen molar-refractivity contribution < 1.29 is 4.74 Å². The first-order valence-electron chi connectivity index (χ1n) is 5.26. The van der Waals surface area contributed by atoms with Gasteiger partial charge in [-0.1, -0.05) is 0 Å². The second-order valence-corrected chi connectivity index (χ2v) is 4.10. The van der Waals surface area contributed by atoms with Crippen molar-refractivity contribution in [2.75, 3.05) is 33.8 Å². The molecule has 5 heteroatoms. The molecule has 1 fully saturated rings. The number of aromatic amines is 1. The number of ether oxygens (including phenoxy) is 1. The zero-order valence-electron chi connectivity index (χ0n) is 9.29. The maximum absolute atomic E-state index is 5.61. The average Bonchev–Trinajstić information content (AvgIpc) is 2.67. The highest BCUT2D eigenvalue weighted by atomic mass is 16.5. The van der Waals surface area contributed by atoms with Crippen LogP contribution in [0.5, 0.6) is 0 Å². The van der Waals surface area contributed by atoms with Crippen LogP contribution in [-0.2, 0) is 11.3 Å². The van der Waals surface area contributed by atoms with Gasteiger partial charge in [0.2, 0.25) is 0 Å². The van der Waals surface area contributed by atoms with Crippen molar-refractivity contribution in [3.05, 3.63) is 17.7 Å². The van der Waals surface area contributed by atoms with Gasteiger partial charge in [0.05, 0.1) is 6.61 Å². The fourth-order valence-corrected chi connectivity index (χ4v) is 1.70. The minimum absolute atomic E-state index is 0.0784. The molecule has 0 aliphatic carbocycles. The van der Waals surface area contributed by atoms with Crippen LogP contribution in [0.25, 0.3) is 0 Å². The van der Waals surface area contributed by atoms with Gasteiger partial charge in [-0.2, -0.15) is 0 Å². The van der Waals surface area contributed by atoms with E-state index in [2.05, 4.69) is 20.2 Å². The van der Waals surface area contributed by atoms with Gasteiger partial charge in [0.25, 0.3) is 0 Å². The minimum Gasteiger partial charge on any atom is -0.368 e. The number of morpholine rings is 1. The van der Waals surface area contributed by atoms with Crippen LogP contribution in [0.1, 0.15) is 17.6 Å². The van der Waals surface area contributed by atoms with E-state index in [0.29, 0.717) is 0 Å². The Bertz CT molecular complexity index is 304. The molecular weight excluding hydrogens is 192 g/mol. The van der Waals surface area contributed by atoms with Gasteiger partial charge in [-0.05, 0) is 14.1 Å². The van der Waals surface area contributed by atoms with E-state index in [1.807, 2.05) is 20.3 Å². The predicted molar refractivity (Wildman–Crippen MR) is 57.5 cm³/mol. The maximum atomic E-state index is 5.61. The number of hydrogen-bond acceptors (Lipinski definition) is 4. The summed E-state index contributed by atoms with van der Waals surface area (Å²) in [6.07, 6.45) is 1.96. The third-order valence-corrected chi connectivity index (χ3v) is 2.37. The number of nitrogens with zero attached hydrogens (tertiary/aromatic N) is 2. The molecule has 1 saturated heterocycles. The molecule has 1 aliphatic rings. The van der Waals surface area contributed by atoms with E-state index in [-0.39, 0.29) is 6.10 Å². The van der Waals surface area contributed by atoms with Crippen molar-refractivity contribution in [3.8, 4) is 0 Å². The monoisotopic (exact) mass is 210 g/mol. The van der Waals surface area contributed by atoms with Crippen LogP contribution in [0.3, 0.4) is 0 Å². The zero-order valence-corrected chi connectivity index (χ0v) is 9.29. The van der Waals surface area contributed by atoms with Crippen molar-refractivity contribution in [1.29, 1.82) is 0 Å². The lowest BCUT2D eigenvalue weighted by molar-refractivity contribution is 0.0225. The van der Waals surface area contributed by atoms with Gasteiger partial charge in [-0.15, -0.1) is 0 Å². The second-order valence-electron chi connectivity index (χ2n) is 4.10. The van der Waals surface area contributed by atoms with E-state index >= 15 is 0 Å². The van der Waals surface area contributed by atoms with Gasteiger partial charge in [0.1, 0.15) is 11.9 Å². The van der Waals surface area contributed by atoms with Gasteiger partial charge in [0, 0.05) is 31.5 Å². The Hall–Kier alpha value is -0.910. The summed E-state index contributed by atoms with van der Waals surface area (Å²) in [5.41, 5.74) is 1.13.